The SMILES string of the molecule is O=C(NCc1ccccc1)C1CCCN1C(=O)Nc1ccc(Cl)cc1. The van der Waals surface area contributed by atoms with E-state index in [0.717, 1.165) is 12.0 Å². The van der Waals surface area contributed by atoms with Crippen LogP contribution >= 0.6 is 11.6 Å². The lowest BCUT2D eigenvalue weighted by atomic mass is 10.2. The van der Waals surface area contributed by atoms with Crippen LogP contribution in [-0.4, -0.2) is 29.4 Å². The lowest BCUT2D eigenvalue weighted by Gasteiger charge is -2.24. The number of carbonyl (C=O) groups is 2. The van der Waals surface area contributed by atoms with Gasteiger partial charge in [0.2, 0.25) is 5.91 Å². The van der Waals surface area contributed by atoms with E-state index in [9.17, 15) is 9.59 Å². The van der Waals surface area contributed by atoms with Gasteiger partial charge in [0.1, 0.15) is 6.04 Å². The van der Waals surface area contributed by atoms with Crippen molar-refractivity contribution in [3.05, 3.63) is 65.2 Å². The highest BCUT2D eigenvalue weighted by atomic mass is 35.5. The van der Waals surface area contributed by atoms with Crippen LogP contribution in [0.2, 0.25) is 5.02 Å². The minimum atomic E-state index is -0.434. The number of urea groups is 1. The second-order valence-corrected chi connectivity index (χ2v) is 6.43. The Hall–Kier alpha value is -2.53. The second-order valence-electron chi connectivity index (χ2n) is 5.99. The van der Waals surface area contributed by atoms with Crippen LogP contribution < -0.4 is 10.6 Å². The van der Waals surface area contributed by atoms with Crippen LogP contribution in [-0.2, 0) is 11.3 Å². The Labute approximate surface area is 152 Å². The maximum atomic E-state index is 12.5. The fraction of sp³-hybridized carbons (Fsp3) is 0.263. The number of amides is 3. The van der Waals surface area contributed by atoms with Crippen LogP contribution in [0.1, 0.15) is 18.4 Å². The summed E-state index contributed by atoms with van der Waals surface area (Å²) in [5.74, 6) is -0.118. The first kappa shape index (κ1) is 17.3. The quantitative estimate of drug-likeness (QED) is 0.877. The van der Waals surface area contributed by atoms with Gasteiger partial charge in [-0.25, -0.2) is 4.79 Å². The topological polar surface area (TPSA) is 61.4 Å². The lowest BCUT2D eigenvalue weighted by molar-refractivity contribution is -0.124. The van der Waals surface area contributed by atoms with Crippen molar-refractivity contribution in [2.24, 2.45) is 0 Å². The zero-order valence-corrected chi connectivity index (χ0v) is 14.5. The number of hydrogen-bond acceptors (Lipinski definition) is 2. The monoisotopic (exact) mass is 357 g/mol. The van der Waals surface area contributed by atoms with Gasteiger partial charge in [0, 0.05) is 23.8 Å². The van der Waals surface area contributed by atoms with Crippen molar-refractivity contribution >= 4 is 29.2 Å². The highest BCUT2D eigenvalue weighted by Gasteiger charge is 2.33. The minimum absolute atomic E-state index is 0.118. The first-order valence-corrected chi connectivity index (χ1v) is 8.66. The molecule has 0 aliphatic carbocycles. The molecule has 0 spiro atoms. The first-order chi connectivity index (χ1) is 12.1. The maximum Gasteiger partial charge on any atom is 0.322 e. The third kappa shape index (κ3) is 4.51. The molecule has 3 rings (SSSR count). The first-order valence-electron chi connectivity index (χ1n) is 8.28. The summed E-state index contributed by atoms with van der Waals surface area (Å²) in [5.41, 5.74) is 1.69. The van der Waals surface area contributed by atoms with Gasteiger partial charge in [-0.05, 0) is 42.7 Å². The number of carbonyl (C=O) groups excluding carboxylic acids is 2. The molecular formula is C19H20ClN3O2. The summed E-state index contributed by atoms with van der Waals surface area (Å²) < 4.78 is 0. The van der Waals surface area contributed by atoms with Gasteiger partial charge in [0.05, 0.1) is 0 Å². The van der Waals surface area contributed by atoms with E-state index in [1.54, 1.807) is 29.2 Å². The van der Waals surface area contributed by atoms with Crippen LogP contribution in [0.3, 0.4) is 0 Å². The third-order valence-electron chi connectivity index (χ3n) is 4.22. The van der Waals surface area contributed by atoms with Crippen LogP contribution in [0.4, 0.5) is 10.5 Å². The van der Waals surface area contributed by atoms with Crippen LogP contribution in [0, 0.1) is 0 Å². The van der Waals surface area contributed by atoms with E-state index < -0.39 is 6.04 Å². The summed E-state index contributed by atoms with van der Waals surface area (Å²) in [6.07, 6.45) is 1.49. The smallest absolute Gasteiger partial charge is 0.322 e. The molecule has 1 unspecified atom stereocenters. The van der Waals surface area contributed by atoms with E-state index in [-0.39, 0.29) is 11.9 Å². The number of benzene rings is 2. The molecule has 130 valence electrons. The van der Waals surface area contributed by atoms with Gasteiger partial charge in [0.25, 0.3) is 0 Å². The van der Waals surface area contributed by atoms with Gasteiger partial charge in [-0.1, -0.05) is 41.9 Å². The maximum absolute atomic E-state index is 12.5. The zero-order chi connectivity index (χ0) is 17.6. The van der Waals surface area contributed by atoms with Gasteiger partial charge in [-0.15, -0.1) is 0 Å². The molecule has 1 saturated heterocycles. The molecule has 3 amide bonds. The average molecular weight is 358 g/mol. The number of rotatable bonds is 4. The molecule has 0 aromatic heterocycles. The summed E-state index contributed by atoms with van der Waals surface area (Å²) in [5, 5.41) is 6.35. The molecule has 1 aliphatic rings. The summed E-state index contributed by atoms with van der Waals surface area (Å²) in [6.45, 7) is 1.03. The lowest BCUT2D eigenvalue weighted by Crippen LogP contribution is -2.47. The molecule has 0 radical (unpaired) electrons. The van der Waals surface area contributed by atoms with Gasteiger partial charge in [-0.2, -0.15) is 0 Å². The Kier molecular flexibility index (Phi) is 5.56. The largest absolute Gasteiger partial charge is 0.350 e. The highest BCUT2D eigenvalue weighted by molar-refractivity contribution is 6.30. The van der Waals surface area contributed by atoms with Crippen molar-refractivity contribution in [2.45, 2.75) is 25.4 Å². The van der Waals surface area contributed by atoms with Crippen molar-refractivity contribution < 1.29 is 9.59 Å². The number of nitrogens with zero attached hydrogens (tertiary/aromatic N) is 1. The Bertz CT molecular complexity index is 734. The summed E-state index contributed by atoms with van der Waals surface area (Å²) in [4.78, 5) is 26.6. The fourth-order valence-electron chi connectivity index (χ4n) is 2.91. The molecule has 1 heterocycles. The third-order valence-corrected chi connectivity index (χ3v) is 4.47. The summed E-state index contributed by atoms with van der Waals surface area (Å²) in [7, 11) is 0. The molecule has 5 nitrogen and oxygen atoms in total. The predicted octanol–water partition coefficient (Wildman–Crippen LogP) is 3.65. The van der Waals surface area contributed by atoms with Gasteiger partial charge in [0.15, 0.2) is 0 Å². The number of hydrogen-bond donors (Lipinski definition) is 2. The Morgan fingerprint density at radius 2 is 1.80 bits per heavy atom. The van der Waals surface area contributed by atoms with E-state index in [1.807, 2.05) is 30.3 Å². The molecule has 2 aromatic carbocycles. The normalized spacial score (nSPS) is 16.5. The van der Waals surface area contributed by atoms with Crippen molar-refractivity contribution in [2.75, 3.05) is 11.9 Å². The molecule has 6 heteroatoms. The number of halogens is 1. The van der Waals surface area contributed by atoms with Crippen molar-refractivity contribution in [3.63, 3.8) is 0 Å². The zero-order valence-electron chi connectivity index (χ0n) is 13.7. The predicted molar refractivity (Wildman–Crippen MR) is 98.5 cm³/mol. The van der Waals surface area contributed by atoms with Crippen LogP contribution in [0.25, 0.3) is 0 Å². The standard InChI is InChI=1S/C19H20ClN3O2/c20-15-8-10-16(11-9-15)22-19(25)23-12-4-7-17(23)18(24)21-13-14-5-2-1-3-6-14/h1-3,5-6,8-11,17H,4,7,12-13H2,(H,21,24)(H,22,25). The molecule has 1 fully saturated rings. The number of nitrogens with one attached hydrogen (secondary N) is 2. The van der Waals surface area contributed by atoms with Gasteiger partial charge in [-0.3, -0.25) is 4.79 Å². The summed E-state index contributed by atoms with van der Waals surface area (Å²) >= 11 is 5.85. The molecule has 25 heavy (non-hydrogen) atoms. The molecule has 1 atom stereocenters. The fourth-order valence-corrected chi connectivity index (χ4v) is 3.04. The van der Waals surface area contributed by atoms with E-state index >= 15 is 0 Å². The Balaban J connectivity index is 1.58. The van der Waals surface area contributed by atoms with E-state index in [4.69, 9.17) is 11.6 Å². The van der Waals surface area contributed by atoms with E-state index in [1.165, 1.54) is 0 Å². The Morgan fingerprint density at radius 3 is 2.52 bits per heavy atom. The van der Waals surface area contributed by atoms with Crippen molar-refractivity contribution in [3.8, 4) is 0 Å². The molecule has 2 aromatic rings. The average Bonchev–Trinajstić information content (AvgIpc) is 3.12. The van der Waals surface area contributed by atoms with Gasteiger partial charge < -0.3 is 15.5 Å². The summed E-state index contributed by atoms with van der Waals surface area (Å²) in [6, 6.07) is 15.9. The van der Waals surface area contributed by atoms with Crippen molar-refractivity contribution in [1.82, 2.24) is 10.2 Å². The van der Waals surface area contributed by atoms with Crippen LogP contribution in [0.15, 0.2) is 54.6 Å². The number of anilines is 1. The molecule has 0 bridgehead atoms. The van der Waals surface area contributed by atoms with Crippen LogP contribution in [0.5, 0.6) is 0 Å². The molecule has 1 aliphatic heterocycles. The Morgan fingerprint density at radius 1 is 1.08 bits per heavy atom. The second kappa shape index (κ2) is 8.03. The van der Waals surface area contributed by atoms with E-state index in [0.29, 0.717) is 30.2 Å². The minimum Gasteiger partial charge on any atom is -0.350 e. The molecule has 0 saturated carbocycles. The van der Waals surface area contributed by atoms with Crippen molar-refractivity contribution in [1.29, 1.82) is 0 Å². The van der Waals surface area contributed by atoms with E-state index in [2.05, 4.69) is 10.6 Å². The number of likely N-dealkylation sites (tertiary alicyclic amines) is 1. The highest BCUT2D eigenvalue weighted by Crippen LogP contribution is 2.20. The molecular weight excluding hydrogens is 338 g/mol. The molecule has 2 N–H and O–H groups in total. The van der Waals surface area contributed by atoms with Gasteiger partial charge >= 0.3 is 6.03 Å².